The van der Waals surface area contributed by atoms with Crippen molar-refractivity contribution in [3.63, 3.8) is 0 Å². The zero-order valence-corrected chi connectivity index (χ0v) is 23.2. The summed E-state index contributed by atoms with van der Waals surface area (Å²) in [6, 6.07) is 10.8. The van der Waals surface area contributed by atoms with Gasteiger partial charge in [-0.1, -0.05) is 19.1 Å². The number of amides is 2. The summed E-state index contributed by atoms with van der Waals surface area (Å²) in [6.07, 6.45) is 3.66. The van der Waals surface area contributed by atoms with Crippen LogP contribution in [0, 0.1) is 5.82 Å². The molecule has 3 heterocycles. The molecule has 0 radical (unpaired) electrons. The van der Waals surface area contributed by atoms with Gasteiger partial charge in [-0.2, -0.15) is 0 Å². The number of halogens is 1. The van der Waals surface area contributed by atoms with Gasteiger partial charge >= 0.3 is 6.09 Å². The molecule has 1 aliphatic heterocycles. The van der Waals surface area contributed by atoms with Crippen molar-refractivity contribution in [2.75, 3.05) is 10.6 Å². The van der Waals surface area contributed by atoms with Crippen LogP contribution >= 0.6 is 0 Å². The average Bonchev–Trinajstić information content (AvgIpc) is 3.30. The molecule has 40 heavy (non-hydrogen) atoms. The van der Waals surface area contributed by atoms with Gasteiger partial charge in [0.05, 0.1) is 29.4 Å². The van der Waals surface area contributed by atoms with Crippen LogP contribution in [0.3, 0.4) is 0 Å². The maximum atomic E-state index is 15.3. The Morgan fingerprint density at radius 3 is 2.58 bits per heavy atom. The summed E-state index contributed by atoms with van der Waals surface area (Å²) in [5.41, 5.74) is 7.98. The molecular formula is C29H34FN7O3. The molecule has 0 bridgehead atoms. The van der Waals surface area contributed by atoms with Gasteiger partial charge in [0, 0.05) is 18.1 Å². The highest BCUT2D eigenvalue weighted by molar-refractivity contribution is 5.99. The fourth-order valence-electron chi connectivity index (χ4n) is 4.39. The van der Waals surface area contributed by atoms with E-state index in [-0.39, 0.29) is 23.2 Å². The Bertz CT molecular complexity index is 1420. The number of benzene rings is 1. The molecule has 5 N–H and O–H groups in total. The van der Waals surface area contributed by atoms with E-state index in [1.54, 1.807) is 52.1 Å². The van der Waals surface area contributed by atoms with Gasteiger partial charge in [0.1, 0.15) is 11.4 Å². The third-order valence-corrected chi connectivity index (χ3v) is 6.27. The fraction of sp³-hybridized carbons (Fsp3) is 0.345. The molecule has 1 aromatic carbocycles. The second-order valence-electron chi connectivity index (χ2n) is 10.6. The standard InChI is InChI=1S/C29H34FN7O3/c1-6-22-19-11-10-18(13-17(19)15-33-22)35-26-20(25(31)38)14-21(30)27(37-26)36-24(23-9-7-8-12-32-23)16(2)34-28(39)40-29(3,4)5/h7-16,22,24H,6H2,1-5H3,(H2,31,38)(H,34,39)(H2,35,36,37)/t16-,22?,24-/m0/s1. The predicted molar refractivity (Wildman–Crippen MR) is 152 cm³/mol. The normalized spacial score (nSPS) is 15.6. The van der Waals surface area contributed by atoms with Gasteiger partial charge in [0.15, 0.2) is 11.6 Å². The highest BCUT2D eigenvalue weighted by atomic mass is 19.1. The molecule has 10 nitrogen and oxygen atoms in total. The van der Waals surface area contributed by atoms with Crippen LogP contribution in [0.4, 0.5) is 26.5 Å². The fourth-order valence-corrected chi connectivity index (χ4v) is 4.39. The molecule has 2 aromatic heterocycles. The maximum absolute atomic E-state index is 15.3. The van der Waals surface area contributed by atoms with Crippen molar-refractivity contribution < 1.29 is 18.7 Å². The molecule has 0 fully saturated rings. The van der Waals surface area contributed by atoms with Gasteiger partial charge in [-0.05, 0) is 75.6 Å². The Morgan fingerprint density at radius 2 is 1.93 bits per heavy atom. The summed E-state index contributed by atoms with van der Waals surface area (Å²) in [7, 11) is 0. The first-order valence-electron chi connectivity index (χ1n) is 13.1. The average molecular weight is 548 g/mol. The Kier molecular flexibility index (Phi) is 8.32. The summed E-state index contributed by atoms with van der Waals surface area (Å²) in [4.78, 5) is 38.0. The number of nitrogens with zero attached hydrogens (tertiary/aromatic N) is 3. The third kappa shape index (κ3) is 6.71. The lowest BCUT2D eigenvalue weighted by molar-refractivity contribution is 0.0503. The Hall–Kier alpha value is -4.54. The third-order valence-electron chi connectivity index (χ3n) is 6.27. The molecule has 2 amide bonds. The summed E-state index contributed by atoms with van der Waals surface area (Å²) < 4.78 is 20.7. The predicted octanol–water partition coefficient (Wildman–Crippen LogP) is 5.41. The summed E-state index contributed by atoms with van der Waals surface area (Å²) >= 11 is 0. The van der Waals surface area contributed by atoms with E-state index in [2.05, 4.69) is 37.8 Å². The van der Waals surface area contributed by atoms with Crippen molar-refractivity contribution in [2.24, 2.45) is 10.7 Å². The molecule has 3 atom stereocenters. The van der Waals surface area contributed by atoms with Crippen LogP contribution in [0.2, 0.25) is 0 Å². The lowest BCUT2D eigenvalue weighted by Gasteiger charge is -2.28. The first kappa shape index (κ1) is 28.5. The number of hydrogen-bond acceptors (Lipinski definition) is 8. The highest BCUT2D eigenvalue weighted by Gasteiger charge is 2.27. The molecule has 1 aliphatic rings. The van der Waals surface area contributed by atoms with Crippen LogP contribution in [0.15, 0.2) is 53.7 Å². The number of pyridine rings is 2. The molecule has 11 heteroatoms. The lowest BCUT2D eigenvalue weighted by Crippen LogP contribution is -2.43. The number of nitrogens with one attached hydrogen (secondary N) is 3. The number of hydrogen-bond donors (Lipinski definition) is 4. The van der Waals surface area contributed by atoms with Gasteiger partial charge < -0.3 is 26.4 Å². The minimum atomic E-state index is -0.838. The Labute approximate surface area is 232 Å². The van der Waals surface area contributed by atoms with Gasteiger partial charge in [-0.25, -0.2) is 14.2 Å². The summed E-state index contributed by atoms with van der Waals surface area (Å²) in [5, 5.41) is 8.92. The smallest absolute Gasteiger partial charge is 0.407 e. The van der Waals surface area contributed by atoms with Crippen molar-refractivity contribution in [1.29, 1.82) is 0 Å². The molecule has 210 valence electrons. The van der Waals surface area contributed by atoms with E-state index in [1.807, 2.05) is 24.4 Å². The number of anilines is 3. The number of aromatic nitrogens is 2. The lowest BCUT2D eigenvalue weighted by atomic mass is 10.0. The monoisotopic (exact) mass is 547 g/mol. The van der Waals surface area contributed by atoms with Crippen molar-refractivity contribution in [2.45, 2.75) is 64.8 Å². The van der Waals surface area contributed by atoms with E-state index < -0.39 is 35.5 Å². The second kappa shape index (κ2) is 11.7. The number of fused-ring (bicyclic) bond motifs is 1. The zero-order valence-electron chi connectivity index (χ0n) is 23.2. The van der Waals surface area contributed by atoms with Gasteiger partial charge in [0.2, 0.25) is 0 Å². The van der Waals surface area contributed by atoms with E-state index in [1.165, 1.54) is 0 Å². The number of rotatable bonds is 9. The Balaban J connectivity index is 1.65. The van der Waals surface area contributed by atoms with Crippen molar-refractivity contribution in [1.82, 2.24) is 15.3 Å². The minimum Gasteiger partial charge on any atom is -0.444 e. The molecule has 0 aliphatic carbocycles. The number of carbonyl (C=O) groups is 2. The largest absolute Gasteiger partial charge is 0.444 e. The van der Waals surface area contributed by atoms with Gasteiger partial charge in [0.25, 0.3) is 5.91 Å². The summed E-state index contributed by atoms with van der Waals surface area (Å²) in [6.45, 7) is 9.09. The molecule has 1 unspecified atom stereocenters. The molecular weight excluding hydrogens is 513 g/mol. The quantitative estimate of drug-likeness (QED) is 0.280. The minimum absolute atomic E-state index is 0.0749. The topological polar surface area (TPSA) is 144 Å². The van der Waals surface area contributed by atoms with Crippen LogP contribution < -0.4 is 21.7 Å². The molecule has 0 saturated carbocycles. The molecule has 4 rings (SSSR count). The first-order valence-corrected chi connectivity index (χ1v) is 13.1. The zero-order chi connectivity index (χ0) is 29.0. The number of alkyl carbamates (subject to hydrolysis) is 1. The van der Waals surface area contributed by atoms with E-state index in [0.717, 1.165) is 23.6 Å². The maximum Gasteiger partial charge on any atom is 0.407 e. The van der Waals surface area contributed by atoms with E-state index in [0.29, 0.717) is 11.4 Å². The first-order chi connectivity index (χ1) is 18.9. The van der Waals surface area contributed by atoms with Crippen molar-refractivity contribution >= 4 is 35.5 Å². The van der Waals surface area contributed by atoms with E-state index >= 15 is 4.39 Å². The van der Waals surface area contributed by atoms with Gasteiger partial charge in [-0.3, -0.25) is 14.8 Å². The van der Waals surface area contributed by atoms with E-state index in [9.17, 15) is 9.59 Å². The van der Waals surface area contributed by atoms with Crippen LogP contribution in [0.5, 0.6) is 0 Å². The Morgan fingerprint density at radius 1 is 1.15 bits per heavy atom. The number of carbonyl (C=O) groups excluding carboxylic acids is 2. The van der Waals surface area contributed by atoms with Gasteiger partial charge in [-0.15, -0.1) is 0 Å². The highest BCUT2D eigenvalue weighted by Crippen LogP contribution is 2.33. The number of aliphatic imine (C=N–C) groups is 1. The van der Waals surface area contributed by atoms with Crippen LogP contribution in [0.25, 0.3) is 0 Å². The van der Waals surface area contributed by atoms with Crippen LogP contribution in [-0.4, -0.2) is 39.8 Å². The summed E-state index contributed by atoms with van der Waals surface area (Å²) in [5.74, 6) is -1.72. The SMILES string of the molecule is CCC1N=Cc2cc(Nc3nc(N[C@H](c4ccccn4)[C@H](C)NC(=O)OC(C)(C)C)c(F)cc3C(N)=O)ccc21. The van der Waals surface area contributed by atoms with Crippen molar-refractivity contribution in [3.05, 3.63) is 76.9 Å². The van der Waals surface area contributed by atoms with Crippen molar-refractivity contribution in [3.8, 4) is 0 Å². The van der Waals surface area contributed by atoms with Crippen LogP contribution in [0.1, 0.15) is 80.3 Å². The number of nitrogens with two attached hydrogens (primary N) is 1. The molecule has 3 aromatic rings. The number of ether oxygens (including phenoxy) is 1. The second-order valence-corrected chi connectivity index (χ2v) is 10.6. The molecule has 0 saturated heterocycles. The molecule has 0 spiro atoms. The van der Waals surface area contributed by atoms with Crippen LogP contribution in [-0.2, 0) is 4.74 Å². The number of primary amides is 1. The van der Waals surface area contributed by atoms with E-state index in [4.69, 9.17) is 10.5 Å².